The van der Waals surface area contributed by atoms with Crippen LogP contribution in [0.2, 0.25) is 0 Å². The molecular weight excluding hydrogens is 340 g/mol. The van der Waals surface area contributed by atoms with E-state index in [2.05, 4.69) is 14.9 Å². The van der Waals surface area contributed by atoms with Crippen molar-refractivity contribution in [1.29, 1.82) is 0 Å². The number of carbonyl (C=O) groups excluding carboxylic acids is 2. The van der Waals surface area contributed by atoms with Gasteiger partial charge in [0.2, 0.25) is 11.7 Å². The normalized spacial score (nSPS) is 17.5. The van der Waals surface area contributed by atoms with E-state index in [4.69, 9.17) is 0 Å². The summed E-state index contributed by atoms with van der Waals surface area (Å²) < 4.78 is 0. The maximum Gasteiger partial charge on any atom is 0.225 e. The van der Waals surface area contributed by atoms with Gasteiger partial charge in [0.1, 0.15) is 11.5 Å². The SMILES string of the molecule is Cc1ncccc1C(=O)c1cccc(N2CCCN(C(=O)C3CC3)CC2)n1.[HH]. The molecule has 1 aliphatic carbocycles. The van der Waals surface area contributed by atoms with Crippen LogP contribution in [-0.4, -0.2) is 52.7 Å². The van der Waals surface area contributed by atoms with Gasteiger partial charge in [0.05, 0.1) is 0 Å². The third-order valence-electron chi connectivity index (χ3n) is 5.28. The summed E-state index contributed by atoms with van der Waals surface area (Å²) >= 11 is 0. The fourth-order valence-corrected chi connectivity index (χ4v) is 3.54. The van der Waals surface area contributed by atoms with Crippen molar-refractivity contribution in [2.45, 2.75) is 26.2 Å². The maximum absolute atomic E-state index is 12.8. The summed E-state index contributed by atoms with van der Waals surface area (Å²) in [4.78, 5) is 38.1. The minimum atomic E-state index is -0.109. The molecule has 1 amide bonds. The summed E-state index contributed by atoms with van der Waals surface area (Å²) in [6.07, 6.45) is 4.68. The molecule has 3 heterocycles. The van der Waals surface area contributed by atoms with E-state index < -0.39 is 0 Å². The first-order valence-electron chi connectivity index (χ1n) is 9.60. The lowest BCUT2D eigenvalue weighted by Gasteiger charge is -2.23. The largest absolute Gasteiger partial charge is 0.355 e. The number of amides is 1. The number of aryl methyl sites for hydroxylation is 1. The van der Waals surface area contributed by atoms with Gasteiger partial charge in [-0.25, -0.2) is 4.98 Å². The van der Waals surface area contributed by atoms with E-state index in [0.29, 0.717) is 22.9 Å². The molecule has 2 aliphatic rings. The predicted octanol–water partition coefficient (Wildman–Crippen LogP) is 2.71. The lowest BCUT2D eigenvalue weighted by molar-refractivity contribution is -0.132. The van der Waals surface area contributed by atoms with Crippen LogP contribution in [0.15, 0.2) is 36.5 Å². The van der Waals surface area contributed by atoms with E-state index in [0.717, 1.165) is 51.3 Å². The highest BCUT2D eigenvalue weighted by molar-refractivity contribution is 6.08. The van der Waals surface area contributed by atoms with Gasteiger partial charge in [0.25, 0.3) is 0 Å². The minimum absolute atomic E-state index is 0. The van der Waals surface area contributed by atoms with Crippen LogP contribution in [0.5, 0.6) is 0 Å². The van der Waals surface area contributed by atoms with E-state index in [1.165, 1.54) is 0 Å². The fourth-order valence-electron chi connectivity index (χ4n) is 3.54. The van der Waals surface area contributed by atoms with Crippen LogP contribution in [0.3, 0.4) is 0 Å². The molecule has 1 aliphatic heterocycles. The van der Waals surface area contributed by atoms with Gasteiger partial charge in [0.15, 0.2) is 0 Å². The van der Waals surface area contributed by atoms with Crippen molar-refractivity contribution in [1.82, 2.24) is 14.9 Å². The fraction of sp³-hybridized carbons (Fsp3) is 0.429. The van der Waals surface area contributed by atoms with Crippen LogP contribution in [0.25, 0.3) is 0 Å². The lowest BCUT2D eigenvalue weighted by atomic mass is 10.1. The standard InChI is InChI=1S/C21H24N4O2.H2/c1-15-17(5-3-10-22-15)20(26)18-6-2-7-19(23-18)24-11-4-12-25(14-13-24)21(27)16-8-9-16;/h2-3,5-7,10,16H,4,8-9,11-14H2,1H3;1H. The number of pyridine rings is 2. The Balaban J connectivity index is 0.00000225. The van der Waals surface area contributed by atoms with E-state index in [1.54, 1.807) is 24.4 Å². The number of hydrogen-bond donors (Lipinski definition) is 0. The van der Waals surface area contributed by atoms with E-state index in [1.807, 2.05) is 24.0 Å². The molecule has 27 heavy (non-hydrogen) atoms. The number of aromatic nitrogens is 2. The van der Waals surface area contributed by atoms with Gasteiger partial charge in [-0.2, -0.15) is 0 Å². The zero-order valence-electron chi connectivity index (χ0n) is 15.6. The molecule has 0 N–H and O–H groups in total. The summed E-state index contributed by atoms with van der Waals surface area (Å²) in [5, 5.41) is 0. The summed E-state index contributed by atoms with van der Waals surface area (Å²) in [5.74, 6) is 1.25. The first-order valence-corrected chi connectivity index (χ1v) is 9.60. The van der Waals surface area contributed by atoms with Gasteiger partial charge in [-0.15, -0.1) is 0 Å². The third kappa shape index (κ3) is 3.84. The summed E-state index contributed by atoms with van der Waals surface area (Å²) in [6.45, 7) is 4.94. The van der Waals surface area contributed by atoms with E-state index >= 15 is 0 Å². The molecule has 4 rings (SSSR count). The molecule has 2 aromatic rings. The molecule has 0 aromatic carbocycles. The number of carbonyl (C=O) groups is 2. The molecule has 6 heteroatoms. The number of ketones is 1. The first-order chi connectivity index (χ1) is 13.1. The number of nitrogens with zero attached hydrogens (tertiary/aromatic N) is 4. The smallest absolute Gasteiger partial charge is 0.225 e. The van der Waals surface area contributed by atoms with Crippen molar-refractivity contribution in [3.8, 4) is 0 Å². The molecule has 0 bridgehead atoms. The summed E-state index contributed by atoms with van der Waals surface area (Å²) in [5.41, 5.74) is 1.72. The van der Waals surface area contributed by atoms with Crippen molar-refractivity contribution in [2.24, 2.45) is 5.92 Å². The molecule has 0 spiro atoms. The Morgan fingerprint density at radius 3 is 2.70 bits per heavy atom. The highest BCUT2D eigenvalue weighted by atomic mass is 16.2. The van der Waals surface area contributed by atoms with Gasteiger partial charge >= 0.3 is 0 Å². The lowest BCUT2D eigenvalue weighted by Crippen LogP contribution is -2.36. The number of anilines is 1. The van der Waals surface area contributed by atoms with Gasteiger partial charge in [-0.3, -0.25) is 14.6 Å². The topological polar surface area (TPSA) is 66.4 Å². The van der Waals surface area contributed by atoms with Crippen LogP contribution in [0, 0.1) is 12.8 Å². The van der Waals surface area contributed by atoms with E-state index in [9.17, 15) is 9.59 Å². The Bertz CT molecular complexity index is 869. The Kier molecular flexibility index (Phi) is 4.88. The molecule has 0 radical (unpaired) electrons. The number of hydrogen-bond acceptors (Lipinski definition) is 5. The van der Waals surface area contributed by atoms with Crippen LogP contribution in [0.4, 0.5) is 5.82 Å². The van der Waals surface area contributed by atoms with Gasteiger partial charge in [-0.1, -0.05) is 6.07 Å². The molecule has 2 aromatic heterocycles. The minimum Gasteiger partial charge on any atom is -0.355 e. The van der Waals surface area contributed by atoms with Crippen LogP contribution >= 0.6 is 0 Å². The quantitative estimate of drug-likeness (QED) is 0.779. The first kappa shape index (κ1) is 17.6. The second-order valence-electron chi connectivity index (χ2n) is 7.29. The molecule has 0 atom stereocenters. The average Bonchev–Trinajstić information content (AvgIpc) is 3.54. The average molecular weight is 366 g/mol. The number of rotatable bonds is 4. The van der Waals surface area contributed by atoms with Gasteiger partial charge in [0, 0.05) is 51.0 Å². The Hall–Kier alpha value is -2.76. The van der Waals surface area contributed by atoms with Crippen LogP contribution in [-0.2, 0) is 4.79 Å². The molecule has 2 fully saturated rings. The second kappa shape index (κ2) is 7.47. The Morgan fingerprint density at radius 2 is 1.93 bits per heavy atom. The Labute approximate surface area is 160 Å². The van der Waals surface area contributed by atoms with Crippen LogP contribution in [0.1, 0.15) is 42.4 Å². The molecule has 142 valence electrons. The second-order valence-corrected chi connectivity index (χ2v) is 7.29. The summed E-state index contributed by atoms with van der Waals surface area (Å²) in [7, 11) is 0. The van der Waals surface area contributed by atoms with Gasteiger partial charge < -0.3 is 9.80 Å². The van der Waals surface area contributed by atoms with E-state index in [-0.39, 0.29) is 13.1 Å². The highest BCUT2D eigenvalue weighted by Crippen LogP contribution is 2.31. The molecule has 6 nitrogen and oxygen atoms in total. The highest BCUT2D eigenvalue weighted by Gasteiger charge is 2.34. The monoisotopic (exact) mass is 366 g/mol. The molecule has 1 saturated carbocycles. The van der Waals surface area contributed by atoms with Crippen LogP contribution < -0.4 is 4.90 Å². The summed E-state index contributed by atoms with van der Waals surface area (Å²) in [6, 6.07) is 9.11. The maximum atomic E-state index is 12.8. The zero-order chi connectivity index (χ0) is 18.8. The third-order valence-corrected chi connectivity index (χ3v) is 5.28. The van der Waals surface area contributed by atoms with Gasteiger partial charge in [-0.05, 0) is 50.5 Å². The molecule has 1 saturated heterocycles. The van der Waals surface area contributed by atoms with Crippen molar-refractivity contribution in [3.05, 3.63) is 53.5 Å². The molecular formula is C21H26N4O2. The predicted molar refractivity (Wildman–Crippen MR) is 105 cm³/mol. The van der Waals surface area contributed by atoms with Crippen molar-refractivity contribution >= 4 is 17.5 Å². The Morgan fingerprint density at radius 1 is 1.07 bits per heavy atom. The zero-order valence-corrected chi connectivity index (χ0v) is 15.6. The molecule has 0 unspecified atom stereocenters. The van der Waals surface area contributed by atoms with Crippen molar-refractivity contribution in [2.75, 3.05) is 31.1 Å². The van der Waals surface area contributed by atoms with Crippen molar-refractivity contribution < 1.29 is 11.0 Å². The van der Waals surface area contributed by atoms with Crippen molar-refractivity contribution in [3.63, 3.8) is 0 Å².